The van der Waals surface area contributed by atoms with Crippen LogP contribution in [-0.4, -0.2) is 11.0 Å². The van der Waals surface area contributed by atoms with Crippen molar-refractivity contribution >= 4 is 40.0 Å². The van der Waals surface area contributed by atoms with Gasteiger partial charge in [-0.2, -0.15) is 0 Å². The molecule has 5 rings (SSSR count). The van der Waals surface area contributed by atoms with Crippen molar-refractivity contribution in [3.05, 3.63) is 127 Å². The van der Waals surface area contributed by atoms with Crippen LogP contribution in [-0.2, 0) is 11.0 Å². The fraction of sp³-hybridized carbons (Fsp3) is 0.0968. The zero-order valence-electron chi connectivity index (χ0n) is 19.9. The van der Waals surface area contributed by atoms with Crippen LogP contribution >= 0.6 is 7.26 Å². The van der Waals surface area contributed by atoms with Gasteiger partial charge < -0.3 is 4.74 Å². The van der Waals surface area contributed by atoms with Gasteiger partial charge in [0.15, 0.2) is 0 Å². The Morgan fingerprint density at radius 1 is 0.714 bits per heavy atom. The van der Waals surface area contributed by atoms with E-state index >= 15 is 0 Å². The van der Waals surface area contributed by atoms with E-state index in [1.807, 2.05) is 31.2 Å². The lowest BCUT2D eigenvalue weighted by Crippen LogP contribution is -2.33. The number of hydrogen-bond donors (Lipinski definition) is 0. The van der Waals surface area contributed by atoms with Gasteiger partial charge in [-0.1, -0.05) is 66.7 Å². The normalized spacial score (nSPS) is 11.4. The molecule has 1 heterocycles. The molecule has 0 saturated carbocycles. The minimum atomic E-state index is -2.14. The van der Waals surface area contributed by atoms with Crippen LogP contribution in [0.4, 0.5) is 0 Å². The second kappa shape index (κ2) is 9.82. The Hall–Kier alpha value is -3.81. The first kappa shape index (κ1) is 23.0. The van der Waals surface area contributed by atoms with Crippen LogP contribution in [0.25, 0.3) is 10.9 Å². The van der Waals surface area contributed by atoms with Gasteiger partial charge in [-0.15, -0.1) is 0 Å². The standard InChI is InChI=1S/C31H27NO2P/c1-23-30(32-29-21-13-12-20-28(29)31(23)34-24(2)33)22-35(25-14-6-3-7-15-25,26-16-8-4-9-17-26)27-18-10-5-11-19-27/h3-21H,22H2,1-2H3/q+1. The summed E-state index contributed by atoms with van der Waals surface area (Å²) >= 11 is 0. The fourth-order valence-corrected chi connectivity index (χ4v) is 8.99. The molecule has 0 radical (unpaired) electrons. The third-order valence-electron chi connectivity index (χ3n) is 6.40. The van der Waals surface area contributed by atoms with E-state index < -0.39 is 7.26 Å². The van der Waals surface area contributed by atoms with Gasteiger partial charge in [0.2, 0.25) is 0 Å². The average molecular weight is 477 g/mol. The van der Waals surface area contributed by atoms with Crippen molar-refractivity contribution in [3.63, 3.8) is 0 Å². The molecule has 0 saturated heterocycles. The Kier molecular flexibility index (Phi) is 6.44. The van der Waals surface area contributed by atoms with Gasteiger partial charge in [-0.3, -0.25) is 4.79 Å². The molecular formula is C31H27NO2P+. The van der Waals surface area contributed by atoms with Crippen LogP contribution in [0.2, 0.25) is 0 Å². The summed E-state index contributed by atoms with van der Waals surface area (Å²) in [7, 11) is -2.14. The highest BCUT2D eigenvalue weighted by Crippen LogP contribution is 2.58. The van der Waals surface area contributed by atoms with E-state index in [1.165, 1.54) is 22.8 Å². The van der Waals surface area contributed by atoms with Gasteiger partial charge >= 0.3 is 5.97 Å². The Morgan fingerprint density at radius 3 is 1.66 bits per heavy atom. The molecule has 0 N–H and O–H groups in total. The van der Waals surface area contributed by atoms with Crippen LogP contribution in [0.1, 0.15) is 18.2 Å². The van der Waals surface area contributed by atoms with Crippen molar-refractivity contribution in [2.45, 2.75) is 20.0 Å². The molecule has 172 valence electrons. The van der Waals surface area contributed by atoms with E-state index in [4.69, 9.17) is 9.72 Å². The third kappa shape index (κ3) is 4.36. The number of carbonyl (C=O) groups excluding carboxylic acids is 1. The maximum absolute atomic E-state index is 12.0. The number of esters is 1. The lowest BCUT2D eigenvalue weighted by Gasteiger charge is -2.28. The van der Waals surface area contributed by atoms with Crippen LogP contribution in [0, 0.1) is 6.92 Å². The van der Waals surface area contributed by atoms with Gasteiger partial charge in [0.1, 0.15) is 35.1 Å². The minimum Gasteiger partial charge on any atom is -0.426 e. The maximum atomic E-state index is 12.0. The molecule has 0 fully saturated rings. The van der Waals surface area contributed by atoms with Crippen molar-refractivity contribution < 1.29 is 9.53 Å². The molecule has 0 atom stereocenters. The highest BCUT2D eigenvalue weighted by molar-refractivity contribution is 7.95. The van der Waals surface area contributed by atoms with Crippen LogP contribution in [0.15, 0.2) is 115 Å². The van der Waals surface area contributed by atoms with Crippen molar-refractivity contribution in [1.82, 2.24) is 4.98 Å². The summed E-state index contributed by atoms with van der Waals surface area (Å²) in [5.41, 5.74) is 2.69. The SMILES string of the molecule is CC(=O)Oc1c(C)c(C[P+](c2ccccc2)(c2ccccc2)c2ccccc2)nc2ccccc12. The quantitative estimate of drug-likeness (QED) is 0.224. The van der Waals surface area contributed by atoms with Crippen LogP contribution in [0.5, 0.6) is 5.75 Å². The number of nitrogens with zero attached hydrogens (tertiary/aromatic N) is 1. The smallest absolute Gasteiger partial charge is 0.308 e. The zero-order chi connectivity index (χ0) is 24.3. The van der Waals surface area contributed by atoms with Gasteiger partial charge in [0.05, 0.1) is 11.2 Å². The molecule has 0 amide bonds. The van der Waals surface area contributed by atoms with E-state index in [-0.39, 0.29) is 5.97 Å². The lowest BCUT2D eigenvalue weighted by molar-refractivity contribution is -0.131. The Balaban J connectivity index is 1.82. The van der Waals surface area contributed by atoms with E-state index in [2.05, 4.69) is 91.0 Å². The van der Waals surface area contributed by atoms with Gasteiger partial charge in [0.25, 0.3) is 0 Å². The molecule has 0 spiro atoms. The Morgan fingerprint density at radius 2 is 1.17 bits per heavy atom. The number of pyridine rings is 1. The zero-order valence-corrected chi connectivity index (χ0v) is 20.8. The molecule has 0 bridgehead atoms. The molecule has 4 aromatic carbocycles. The van der Waals surface area contributed by atoms with Crippen molar-refractivity contribution in [2.24, 2.45) is 0 Å². The molecule has 3 nitrogen and oxygen atoms in total. The molecule has 0 unspecified atom stereocenters. The van der Waals surface area contributed by atoms with Gasteiger partial charge in [0, 0.05) is 17.9 Å². The lowest BCUT2D eigenvalue weighted by atomic mass is 10.1. The second-order valence-corrected chi connectivity index (χ2v) is 12.1. The number of aromatic nitrogens is 1. The average Bonchev–Trinajstić information content (AvgIpc) is 2.91. The number of ether oxygens (including phenoxy) is 1. The summed E-state index contributed by atoms with van der Waals surface area (Å²) in [4.78, 5) is 17.2. The predicted molar refractivity (Wildman–Crippen MR) is 147 cm³/mol. The molecule has 35 heavy (non-hydrogen) atoms. The number of fused-ring (bicyclic) bond motifs is 1. The Bertz CT molecular complexity index is 1370. The first-order chi connectivity index (χ1) is 17.1. The van der Waals surface area contributed by atoms with E-state index in [9.17, 15) is 4.79 Å². The van der Waals surface area contributed by atoms with E-state index in [0.29, 0.717) is 5.75 Å². The fourth-order valence-electron chi connectivity index (χ4n) is 4.75. The summed E-state index contributed by atoms with van der Waals surface area (Å²) in [6.45, 7) is 3.46. The summed E-state index contributed by atoms with van der Waals surface area (Å²) in [5.74, 6) is 0.274. The summed E-state index contributed by atoms with van der Waals surface area (Å²) in [6, 6.07) is 40.1. The summed E-state index contributed by atoms with van der Waals surface area (Å²) in [6.07, 6.45) is 0.718. The number of para-hydroxylation sites is 1. The summed E-state index contributed by atoms with van der Waals surface area (Å²) < 4.78 is 5.76. The number of carbonyl (C=O) groups is 1. The molecule has 0 aliphatic rings. The van der Waals surface area contributed by atoms with Crippen molar-refractivity contribution in [2.75, 3.05) is 0 Å². The molecule has 0 aliphatic carbocycles. The second-order valence-electron chi connectivity index (χ2n) is 8.60. The third-order valence-corrected chi connectivity index (χ3v) is 10.7. The summed E-state index contributed by atoms with van der Waals surface area (Å²) in [5, 5.41) is 4.73. The molecule has 4 heteroatoms. The first-order valence-corrected chi connectivity index (χ1v) is 13.7. The molecule has 5 aromatic rings. The van der Waals surface area contributed by atoms with Gasteiger partial charge in [-0.05, 0) is 55.5 Å². The largest absolute Gasteiger partial charge is 0.426 e. The predicted octanol–water partition coefficient (Wildman–Crippen LogP) is 5.96. The topological polar surface area (TPSA) is 39.2 Å². The van der Waals surface area contributed by atoms with E-state index in [0.717, 1.165) is 28.3 Å². The van der Waals surface area contributed by atoms with Gasteiger partial charge in [-0.25, -0.2) is 4.98 Å². The van der Waals surface area contributed by atoms with Crippen molar-refractivity contribution in [3.8, 4) is 5.75 Å². The maximum Gasteiger partial charge on any atom is 0.308 e. The molecule has 0 aliphatic heterocycles. The highest BCUT2D eigenvalue weighted by Gasteiger charge is 2.46. The number of rotatable bonds is 6. The monoisotopic (exact) mass is 476 g/mol. The minimum absolute atomic E-state index is 0.328. The molecular weight excluding hydrogens is 449 g/mol. The van der Waals surface area contributed by atoms with Crippen LogP contribution < -0.4 is 20.7 Å². The molecule has 1 aromatic heterocycles. The van der Waals surface area contributed by atoms with E-state index in [1.54, 1.807) is 0 Å². The van der Waals surface area contributed by atoms with Crippen molar-refractivity contribution in [1.29, 1.82) is 0 Å². The first-order valence-electron chi connectivity index (χ1n) is 11.7. The van der Waals surface area contributed by atoms with Crippen LogP contribution in [0.3, 0.4) is 0 Å². The number of hydrogen-bond acceptors (Lipinski definition) is 3. The Labute approximate surface area is 206 Å². The number of benzene rings is 4. The highest BCUT2D eigenvalue weighted by atomic mass is 31.2.